The fourth-order valence-electron chi connectivity index (χ4n) is 3.20. The van der Waals surface area contributed by atoms with Gasteiger partial charge in [0.1, 0.15) is 11.4 Å². The predicted molar refractivity (Wildman–Crippen MR) is 107 cm³/mol. The number of aromatic nitrogens is 5. The van der Waals surface area contributed by atoms with Crippen molar-refractivity contribution < 1.29 is 9.53 Å². The minimum atomic E-state index is -0.0735. The predicted octanol–water partition coefficient (Wildman–Crippen LogP) is 1.32. The number of nitrogens with one attached hydrogen (secondary N) is 1. The number of hydrogen-bond donors (Lipinski definition) is 1. The van der Waals surface area contributed by atoms with Crippen LogP contribution in [-0.4, -0.2) is 69.1 Å². The van der Waals surface area contributed by atoms with Gasteiger partial charge in [-0.3, -0.25) is 9.48 Å². The highest BCUT2D eigenvalue weighted by atomic mass is 16.5. The number of carbonyl (C=O) groups is 1. The van der Waals surface area contributed by atoms with Crippen LogP contribution in [0.4, 0.5) is 17.5 Å². The molecule has 29 heavy (non-hydrogen) atoms. The zero-order chi connectivity index (χ0) is 20.2. The molecule has 0 aromatic carbocycles. The SMILES string of the molecule is COc1nn(C)cc1C(=O)N1CCN(c2ccc(Nc3ccccn3)nn2)CC1. The van der Waals surface area contributed by atoms with Crippen LogP contribution in [0, 0.1) is 0 Å². The molecule has 1 N–H and O–H groups in total. The van der Waals surface area contributed by atoms with Crippen molar-refractivity contribution in [3.05, 3.63) is 48.3 Å². The molecule has 0 saturated carbocycles. The van der Waals surface area contributed by atoms with E-state index in [2.05, 4.69) is 30.5 Å². The first-order chi connectivity index (χ1) is 14.1. The Kier molecular flexibility index (Phi) is 5.23. The van der Waals surface area contributed by atoms with Gasteiger partial charge in [-0.15, -0.1) is 15.3 Å². The largest absolute Gasteiger partial charge is 0.479 e. The molecule has 0 unspecified atom stereocenters. The van der Waals surface area contributed by atoms with Gasteiger partial charge in [0.2, 0.25) is 5.88 Å². The van der Waals surface area contributed by atoms with Crippen LogP contribution in [0.1, 0.15) is 10.4 Å². The van der Waals surface area contributed by atoms with E-state index >= 15 is 0 Å². The molecule has 0 spiro atoms. The van der Waals surface area contributed by atoms with Crippen molar-refractivity contribution >= 4 is 23.4 Å². The van der Waals surface area contributed by atoms with Crippen LogP contribution in [0.25, 0.3) is 0 Å². The molecule has 0 radical (unpaired) electrons. The number of hydrogen-bond acceptors (Lipinski definition) is 8. The topological polar surface area (TPSA) is 101 Å². The lowest BCUT2D eigenvalue weighted by Crippen LogP contribution is -2.49. The first kappa shape index (κ1) is 18.7. The van der Waals surface area contributed by atoms with Crippen LogP contribution in [-0.2, 0) is 7.05 Å². The van der Waals surface area contributed by atoms with Crippen LogP contribution in [0.3, 0.4) is 0 Å². The van der Waals surface area contributed by atoms with Crippen molar-refractivity contribution in [3.63, 3.8) is 0 Å². The third-order valence-electron chi connectivity index (χ3n) is 4.68. The second-order valence-electron chi connectivity index (χ2n) is 6.62. The van der Waals surface area contributed by atoms with Gasteiger partial charge in [-0.1, -0.05) is 6.07 Å². The van der Waals surface area contributed by atoms with E-state index in [1.54, 1.807) is 29.0 Å². The Bertz CT molecular complexity index is 966. The van der Waals surface area contributed by atoms with Crippen molar-refractivity contribution in [1.29, 1.82) is 0 Å². The minimum Gasteiger partial charge on any atom is -0.479 e. The number of rotatable bonds is 5. The van der Waals surface area contributed by atoms with Crippen molar-refractivity contribution in [3.8, 4) is 5.88 Å². The van der Waals surface area contributed by atoms with Gasteiger partial charge in [0.25, 0.3) is 5.91 Å². The number of nitrogens with zero attached hydrogens (tertiary/aromatic N) is 7. The summed E-state index contributed by atoms with van der Waals surface area (Å²) in [5.74, 6) is 2.40. The molecule has 3 aromatic heterocycles. The number of amides is 1. The van der Waals surface area contributed by atoms with Gasteiger partial charge in [0.15, 0.2) is 11.6 Å². The Morgan fingerprint density at radius 2 is 1.90 bits per heavy atom. The molecule has 1 amide bonds. The molecule has 10 nitrogen and oxygen atoms in total. The molecule has 4 heterocycles. The number of ether oxygens (including phenoxy) is 1. The molecule has 1 aliphatic heterocycles. The summed E-state index contributed by atoms with van der Waals surface area (Å²) >= 11 is 0. The summed E-state index contributed by atoms with van der Waals surface area (Å²) in [6, 6.07) is 9.41. The molecule has 1 saturated heterocycles. The van der Waals surface area contributed by atoms with Crippen LogP contribution in [0.5, 0.6) is 5.88 Å². The summed E-state index contributed by atoms with van der Waals surface area (Å²) in [5.41, 5.74) is 0.480. The Hall–Kier alpha value is -3.69. The van der Waals surface area contributed by atoms with Crippen molar-refractivity contribution in [2.24, 2.45) is 7.05 Å². The van der Waals surface area contributed by atoms with Gasteiger partial charge >= 0.3 is 0 Å². The van der Waals surface area contributed by atoms with Gasteiger partial charge in [-0.25, -0.2) is 4.98 Å². The van der Waals surface area contributed by atoms with E-state index in [1.807, 2.05) is 30.3 Å². The number of methoxy groups -OCH3 is 1. The van der Waals surface area contributed by atoms with E-state index in [0.29, 0.717) is 49.3 Å². The normalized spacial score (nSPS) is 14.0. The molecular formula is C19H22N8O2. The van der Waals surface area contributed by atoms with Crippen LogP contribution in [0.2, 0.25) is 0 Å². The summed E-state index contributed by atoms with van der Waals surface area (Å²) < 4.78 is 6.79. The van der Waals surface area contributed by atoms with Gasteiger partial charge in [-0.2, -0.15) is 0 Å². The Labute approximate surface area is 168 Å². The average molecular weight is 394 g/mol. The molecule has 150 valence electrons. The van der Waals surface area contributed by atoms with E-state index < -0.39 is 0 Å². The molecule has 1 aliphatic rings. The van der Waals surface area contributed by atoms with Crippen LogP contribution < -0.4 is 15.0 Å². The van der Waals surface area contributed by atoms with Crippen LogP contribution in [0.15, 0.2) is 42.7 Å². The maximum absolute atomic E-state index is 12.8. The van der Waals surface area contributed by atoms with E-state index in [9.17, 15) is 4.79 Å². The Balaban J connectivity index is 1.36. The summed E-state index contributed by atoms with van der Waals surface area (Å²) in [5, 5.41) is 15.8. The fourth-order valence-corrected chi connectivity index (χ4v) is 3.20. The fraction of sp³-hybridized carbons (Fsp3) is 0.316. The zero-order valence-electron chi connectivity index (χ0n) is 16.3. The van der Waals surface area contributed by atoms with Gasteiger partial charge in [0.05, 0.1) is 7.11 Å². The van der Waals surface area contributed by atoms with Crippen molar-refractivity contribution in [1.82, 2.24) is 29.9 Å². The smallest absolute Gasteiger partial charge is 0.261 e. The lowest BCUT2D eigenvalue weighted by atomic mass is 10.2. The summed E-state index contributed by atoms with van der Waals surface area (Å²) in [6.45, 7) is 2.53. The highest BCUT2D eigenvalue weighted by Gasteiger charge is 2.26. The molecule has 0 atom stereocenters. The number of carbonyl (C=O) groups excluding carboxylic acids is 1. The van der Waals surface area contributed by atoms with Crippen molar-refractivity contribution in [2.75, 3.05) is 43.5 Å². The molecule has 4 rings (SSSR count). The third kappa shape index (κ3) is 4.10. The third-order valence-corrected chi connectivity index (χ3v) is 4.68. The molecule has 0 bridgehead atoms. The van der Waals surface area contributed by atoms with Gasteiger partial charge < -0.3 is 19.9 Å². The molecule has 0 aliphatic carbocycles. The van der Waals surface area contributed by atoms with Gasteiger partial charge in [-0.05, 0) is 24.3 Å². The maximum Gasteiger partial charge on any atom is 0.261 e. The number of pyridine rings is 1. The Morgan fingerprint density at radius 3 is 2.55 bits per heavy atom. The molecule has 10 heteroatoms. The maximum atomic E-state index is 12.8. The quantitative estimate of drug-likeness (QED) is 0.691. The lowest BCUT2D eigenvalue weighted by molar-refractivity contribution is 0.0743. The standard InChI is InChI=1S/C19H22N8O2/c1-25-13-14(18(24-25)29-2)19(28)27-11-9-26(10-12-27)17-7-6-16(22-23-17)21-15-5-3-4-8-20-15/h3-8,13H,9-12H2,1-2H3,(H,20,21,22). The summed E-state index contributed by atoms with van der Waals surface area (Å²) in [4.78, 5) is 20.9. The van der Waals surface area contributed by atoms with Crippen molar-refractivity contribution in [2.45, 2.75) is 0 Å². The Morgan fingerprint density at radius 1 is 1.07 bits per heavy atom. The minimum absolute atomic E-state index is 0.0735. The van der Waals surface area contributed by atoms with E-state index in [4.69, 9.17) is 4.74 Å². The lowest BCUT2D eigenvalue weighted by Gasteiger charge is -2.35. The molecule has 3 aromatic rings. The summed E-state index contributed by atoms with van der Waals surface area (Å²) in [7, 11) is 3.28. The van der Waals surface area contributed by atoms with E-state index in [0.717, 1.165) is 5.82 Å². The number of anilines is 3. The number of aryl methyl sites for hydroxylation is 1. The number of piperazine rings is 1. The highest BCUT2D eigenvalue weighted by molar-refractivity contribution is 5.96. The zero-order valence-corrected chi connectivity index (χ0v) is 16.3. The molecule has 1 fully saturated rings. The highest BCUT2D eigenvalue weighted by Crippen LogP contribution is 2.20. The van der Waals surface area contributed by atoms with E-state index in [-0.39, 0.29) is 5.91 Å². The second-order valence-corrected chi connectivity index (χ2v) is 6.62. The monoisotopic (exact) mass is 394 g/mol. The van der Waals surface area contributed by atoms with Gasteiger partial charge in [0, 0.05) is 45.6 Å². The van der Waals surface area contributed by atoms with Crippen LogP contribution >= 0.6 is 0 Å². The first-order valence-electron chi connectivity index (χ1n) is 9.27. The first-order valence-corrected chi connectivity index (χ1v) is 9.27. The van der Waals surface area contributed by atoms with E-state index in [1.165, 1.54) is 7.11 Å². The molecular weight excluding hydrogens is 372 g/mol. The average Bonchev–Trinajstić information content (AvgIpc) is 3.15. The summed E-state index contributed by atoms with van der Waals surface area (Å²) in [6.07, 6.45) is 3.40. The second kappa shape index (κ2) is 8.13.